The lowest BCUT2D eigenvalue weighted by Crippen LogP contribution is -2.34. The predicted molar refractivity (Wildman–Crippen MR) is 127 cm³/mol. The van der Waals surface area contributed by atoms with E-state index in [2.05, 4.69) is 22.8 Å². The number of unbranched alkanes of at least 4 members (excludes halogenated alkanes) is 8. The van der Waals surface area contributed by atoms with Crippen molar-refractivity contribution in [3.05, 3.63) is 17.7 Å². The molecule has 0 aromatic heterocycles. The van der Waals surface area contributed by atoms with Crippen LogP contribution in [-0.4, -0.2) is 45.9 Å². The number of hydrogen-bond acceptors (Lipinski definition) is 6. The van der Waals surface area contributed by atoms with Gasteiger partial charge in [0.25, 0.3) is 5.91 Å². The van der Waals surface area contributed by atoms with Crippen molar-refractivity contribution >= 4 is 18.0 Å². The van der Waals surface area contributed by atoms with Crippen LogP contribution in [0.4, 0.5) is 0 Å². The van der Waals surface area contributed by atoms with Crippen LogP contribution in [0.15, 0.2) is 17.2 Å². The first-order valence-corrected chi connectivity index (χ1v) is 11.4. The zero-order valence-electron chi connectivity index (χ0n) is 20.0. The Bertz CT molecular complexity index is 697. The Morgan fingerprint density at radius 3 is 1.94 bits per heavy atom. The number of nitrogens with one attached hydrogen (secondary N) is 2. The van der Waals surface area contributed by atoms with Crippen LogP contribution >= 0.6 is 0 Å². The van der Waals surface area contributed by atoms with Gasteiger partial charge in [0.1, 0.15) is 0 Å². The number of benzene rings is 1. The van der Waals surface area contributed by atoms with Crippen LogP contribution in [-0.2, 0) is 9.59 Å². The summed E-state index contributed by atoms with van der Waals surface area (Å²) in [4.78, 5) is 23.8. The van der Waals surface area contributed by atoms with E-state index in [0.717, 1.165) is 19.3 Å². The lowest BCUT2D eigenvalue weighted by molar-refractivity contribution is -0.126. The molecule has 0 aliphatic rings. The van der Waals surface area contributed by atoms with Gasteiger partial charge in [-0.05, 0) is 18.6 Å². The smallest absolute Gasteiger partial charge is 0.259 e. The summed E-state index contributed by atoms with van der Waals surface area (Å²) in [5, 5.41) is 6.55. The molecule has 1 aromatic rings. The summed E-state index contributed by atoms with van der Waals surface area (Å²) in [7, 11) is 4.58. The molecule has 180 valence electrons. The summed E-state index contributed by atoms with van der Waals surface area (Å²) < 4.78 is 15.8. The molecular weight excluding hydrogens is 410 g/mol. The van der Waals surface area contributed by atoms with Crippen LogP contribution in [0.3, 0.4) is 0 Å². The molecule has 8 nitrogen and oxygen atoms in total. The average Bonchev–Trinajstić information content (AvgIpc) is 2.80. The van der Waals surface area contributed by atoms with E-state index in [4.69, 9.17) is 14.2 Å². The zero-order chi connectivity index (χ0) is 23.6. The van der Waals surface area contributed by atoms with Crippen molar-refractivity contribution in [3.8, 4) is 17.2 Å². The Hall–Kier alpha value is -2.77. The lowest BCUT2D eigenvalue weighted by atomic mass is 10.1. The van der Waals surface area contributed by atoms with E-state index in [1.807, 2.05) is 0 Å². The van der Waals surface area contributed by atoms with E-state index >= 15 is 0 Å². The molecule has 0 bridgehead atoms. The summed E-state index contributed by atoms with van der Waals surface area (Å²) in [6, 6.07) is 3.42. The van der Waals surface area contributed by atoms with Gasteiger partial charge in [-0.2, -0.15) is 5.10 Å². The molecule has 0 heterocycles. The number of amides is 2. The molecule has 2 N–H and O–H groups in total. The van der Waals surface area contributed by atoms with Gasteiger partial charge in [-0.1, -0.05) is 58.3 Å². The molecule has 0 aliphatic carbocycles. The fraction of sp³-hybridized carbons (Fsp3) is 0.625. The van der Waals surface area contributed by atoms with E-state index in [1.165, 1.54) is 66.1 Å². The molecule has 0 aliphatic heterocycles. The first-order valence-electron chi connectivity index (χ1n) is 11.4. The molecule has 0 atom stereocenters. The van der Waals surface area contributed by atoms with Crippen LogP contribution in [0.1, 0.15) is 76.7 Å². The van der Waals surface area contributed by atoms with Crippen LogP contribution < -0.4 is 25.0 Å². The van der Waals surface area contributed by atoms with Gasteiger partial charge in [0.05, 0.1) is 34.1 Å². The molecule has 0 unspecified atom stereocenters. The molecule has 0 radical (unpaired) electrons. The average molecular weight is 450 g/mol. The van der Waals surface area contributed by atoms with Crippen LogP contribution in [0.5, 0.6) is 17.2 Å². The van der Waals surface area contributed by atoms with Crippen molar-refractivity contribution in [2.75, 3.05) is 27.9 Å². The van der Waals surface area contributed by atoms with Crippen LogP contribution in [0.2, 0.25) is 0 Å². The summed E-state index contributed by atoms with van der Waals surface area (Å²) in [5.41, 5.74) is 3.06. The molecule has 2 amide bonds. The van der Waals surface area contributed by atoms with Gasteiger partial charge in [-0.15, -0.1) is 0 Å². The second kappa shape index (κ2) is 16.9. The second-order valence-electron chi connectivity index (χ2n) is 7.61. The standard InChI is InChI=1S/C24H39N3O5/c1-5-6-7-8-9-10-11-12-13-14-22(28)25-18-23(29)27-26-17-19-15-20(30-2)24(32-4)21(16-19)31-3/h15-17H,5-14,18H2,1-4H3,(H,25,28)(H,27,29)/b26-17+. The highest BCUT2D eigenvalue weighted by atomic mass is 16.5. The first kappa shape index (κ1) is 27.3. The third-order valence-corrected chi connectivity index (χ3v) is 5.04. The summed E-state index contributed by atoms with van der Waals surface area (Å²) in [6.07, 6.45) is 12.7. The Kier molecular flexibility index (Phi) is 14.4. The molecule has 1 aromatic carbocycles. The number of carbonyl (C=O) groups is 2. The summed E-state index contributed by atoms with van der Waals surface area (Å²) >= 11 is 0. The highest BCUT2D eigenvalue weighted by molar-refractivity contribution is 5.87. The maximum absolute atomic E-state index is 11.9. The molecule has 0 saturated heterocycles. The van der Waals surface area contributed by atoms with E-state index in [1.54, 1.807) is 12.1 Å². The maximum Gasteiger partial charge on any atom is 0.259 e. The van der Waals surface area contributed by atoms with Crippen molar-refractivity contribution in [2.24, 2.45) is 5.10 Å². The number of nitrogens with zero attached hydrogens (tertiary/aromatic N) is 1. The number of rotatable bonds is 17. The quantitative estimate of drug-likeness (QED) is 0.211. The molecule has 8 heteroatoms. The summed E-state index contributed by atoms with van der Waals surface area (Å²) in [5.74, 6) is 0.948. The minimum absolute atomic E-state index is 0.108. The van der Waals surface area contributed by atoms with E-state index in [-0.39, 0.29) is 12.5 Å². The Morgan fingerprint density at radius 2 is 1.41 bits per heavy atom. The predicted octanol–water partition coefficient (Wildman–Crippen LogP) is 4.20. The number of hydrogen-bond donors (Lipinski definition) is 2. The number of methoxy groups -OCH3 is 3. The van der Waals surface area contributed by atoms with Gasteiger partial charge in [-0.3, -0.25) is 9.59 Å². The number of carbonyl (C=O) groups excluding carboxylic acids is 2. The Balaban J connectivity index is 2.25. The second-order valence-corrected chi connectivity index (χ2v) is 7.61. The van der Waals surface area contributed by atoms with Gasteiger partial charge in [0.2, 0.25) is 11.7 Å². The molecule has 0 fully saturated rings. The van der Waals surface area contributed by atoms with Crippen LogP contribution in [0.25, 0.3) is 0 Å². The zero-order valence-corrected chi connectivity index (χ0v) is 20.0. The number of ether oxygens (including phenoxy) is 3. The molecular formula is C24H39N3O5. The maximum atomic E-state index is 11.9. The first-order chi connectivity index (χ1) is 15.5. The monoisotopic (exact) mass is 449 g/mol. The van der Waals surface area contributed by atoms with E-state index in [0.29, 0.717) is 29.2 Å². The lowest BCUT2D eigenvalue weighted by Gasteiger charge is -2.12. The van der Waals surface area contributed by atoms with Crippen molar-refractivity contribution in [2.45, 2.75) is 71.1 Å². The SMILES string of the molecule is CCCCCCCCCCCC(=O)NCC(=O)N/N=C/c1cc(OC)c(OC)c(OC)c1. The molecule has 0 spiro atoms. The third kappa shape index (κ3) is 11.0. The third-order valence-electron chi connectivity index (χ3n) is 5.04. The van der Waals surface area contributed by atoms with Crippen molar-refractivity contribution in [1.82, 2.24) is 10.7 Å². The number of hydrazone groups is 1. The van der Waals surface area contributed by atoms with Gasteiger partial charge >= 0.3 is 0 Å². The van der Waals surface area contributed by atoms with Gasteiger partial charge in [0, 0.05) is 12.0 Å². The van der Waals surface area contributed by atoms with Crippen molar-refractivity contribution in [1.29, 1.82) is 0 Å². The highest BCUT2D eigenvalue weighted by Crippen LogP contribution is 2.37. The minimum atomic E-state index is -0.394. The van der Waals surface area contributed by atoms with Crippen molar-refractivity contribution in [3.63, 3.8) is 0 Å². The van der Waals surface area contributed by atoms with Gasteiger partial charge in [0.15, 0.2) is 11.5 Å². The van der Waals surface area contributed by atoms with Crippen molar-refractivity contribution < 1.29 is 23.8 Å². The Morgan fingerprint density at radius 1 is 0.844 bits per heavy atom. The fourth-order valence-corrected chi connectivity index (χ4v) is 3.26. The summed E-state index contributed by atoms with van der Waals surface area (Å²) in [6.45, 7) is 2.11. The normalized spacial score (nSPS) is 10.8. The van der Waals surface area contributed by atoms with E-state index < -0.39 is 5.91 Å². The van der Waals surface area contributed by atoms with Gasteiger partial charge < -0.3 is 19.5 Å². The Labute approximate surface area is 192 Å². The highest BCUT2D eigenvalue weighted by Gasteiger charge is 2.12. The minimum Gasteiger partial charge on any atom is -0.493 e. The molecule has 0 saturated carbocycles. The van der Waals surface area contributed by atoms with Crippen LogP contribution in [0, 0.1) is 0 Å². The fourth-order valence-electron chi connectivity index (χ4n) is 3.26. The largest absolute Gasteiger partial charge is 0.493 e. The molecule has 32 heavy (non-hydrogen) atoms. The topological polar surface area (TPSA) is 98.3 Å². The van der Waals surface area contributed by atoms with Gasteiger partial charge in [-0.25, -0.2) is 5.43 Å². The van der Waals surface area contributed by atoms with E-state index in [9.17, 15) is 9.59 Å². The molecule has 1 rings (SSSR count).